The van der Waals surface area contributed by atoms with E-state index >= 15 is 0 Å². The Balaban J connectivity index is 1.49. The maximum Gasteiger partial charge on any atom is 0.0751 e. The zero-order valence-corrected chi connectivity index (χ0v) is 18.6. The summed E-state index contributed by atoms with van der Waals surface area (Å²) in [6.45, 7) is 4.34. The molecule has 0 N–H and O–H groups in total. The quantitative estimate of drug-likeness (QED) is 0.307. The van der Waals surface area contributed by atoms with Crippen LogP contribution in [-0.2, 0) is 6.42 Å². The lowest BCUT2D eigenvalue weighted by Gasteiger charge is -2.19. The van der Waals surface area contributed by atoms with E-state index in [0.717, 1.165) is 23.2 Å². The first kappa shape index (κ1) is 19.7. The van der Waals surface area contributed by atoms with E-state index in [4.69, 9.17) is 9.98 Å². The predicted molar refractivity (Wildman–Crippen MR) is 135 cm³/mol. The monoisotopic (exact) mass is 420 g/mol. The fourth-order valence-electron chi connectivity index (χ4n) is 4.00. The molecule has 3 aromatic carbocycles. The van der Waals surface area contributed by atoms with Gasteiger partial charge >= 0.3 is 0 Å². The minimum absolute atomic E-state index is 0.183. The molecule has 1 unspecified atom stereocenters. The molecule has 0 radical (unpaired) electrons. The lowest BCUT2D eigenvalue weighted by atomic mass is 9.92. The van der Waals surface area contributed by atoms with Gasteiger partial charge in [-0.25, -0.2) is 0 Å². The molecule has 31 heavy (non-hydrogen) atoms. The van der Waals surface area contributed by atoms with Gasteiger partial charge in [0.25, 0.3) is 0 Å². The van der Waals surface area contributed by atoms with Crippen LogP contribution in [0, 0.1) is 6.92 Å². The van der Waals surface area contributed by atoms with Crippen LogP contribution >= 0.6 is 11.3 Å². The van der Waals surface area contributed by atoms with Crippen molar-refractivity contribution in [1.82, 2.24) is 0 Å². The van der Waals surface area contributed by atoms with E-state index in [0.29, 0.717) is 0 Å². The molecule has 0 bridgehead atoms. The van der Waals surface area contributed by atoms with Crippen molar-refractivity contribution >= 4 is 45.6 Å². The van der Waals surface area contributed by atoms with Crippen LogP contribution in [0.3, 0.4) is 0 Å². The van der Waals surface area contributed by atoms with E-state index in [9.17, 15) is 0 Å². The Kier molecular flexibility index (Phi) is 5.35. The lowest BCUT2D eigenvalue weighted by Crippen LogP contribution is -2.14. The fourth-order valence-corrected chi connectivity index (χ4v) is 5.32. The van der Waals surface area contributed by atoms with Gasteiger partial charge in [-0.3, -0.25) is 9.98 Å². The Morgan fingerprint density at radius 3 is 2.26 bits per heavy atom. The van der Waals surface area contributed by atoms with Gasteiger partial charge in [-0.15, -0.1) is 11.3 Å². The van der Waals surface area contributed by atoms with E-state index in [1.54, 1.807) is 0 Å². The largest absolute Gasteiger partial charge is 0.284 e. The summed E-state index contributed by atoms with van der Waals surface area (Å²) in [5.41, 5.74) is 7.22. The van der Waals surface area contributed by atoms with Crippen LogP contribution in [0.15, 0.2) is 88.4 Å². The Labute approximate surface area is 187 Å². The second-order valence-corrected chi connectivity index (χ2v) is 9.13. The summed E-state index contributed by atoms with van der Waals surface area (Å²) in [4.78, 5) is 11.1. The summed E-state index contributed by atoms with van der Waals surface area (Å²) in [6, 6.07) is 25.3. The predicted octanol–water partition coefficient (Wildman–Crippen LogP) is 7.41. The Morgan fingerprint density at radius 1 is 0.871 bits per heavy atom. The maximum absolute atomic E-state index is 4.92. The summed E-state index contributed by atoms with van der Waals surface area (Å²) in [5.74, 6) is 0. The first-order chi connectivity index (χ1) is 15.2. The van der Waals surface area contributed by atoms with E-state index in [1.807, 2.05) is 48.0 Å². The molecule has 152 valence electrons. The number of rotatable bonds is 4. The van der Waals surface area contributed by atoms with Gasteiger partial charge in [0.05, 0.1) is 11.7 Å². The molecule has 0 amide bonds. The van der Waals surface area contributed by atoms with Crippen molar-refractivity contribution in [2.75, 3.05) is 0 Å². The lowest BCUT2D eigenvalue weighted by molar-refractivity contribution is 0.770. The molecule has 0 saturated carbocycles. The molecule has 1 aliphatic rings. The van der Waals surface area contributed by atoms with Crippen LogP contribution in [0.5, 0.6) is 0 Å². The molecule has 0 fully saturated rings. The van der Waals surface area contributed by atoms with Gasteiger partial charge in [0.1, 0.15) is 0 Å². The Hall–Kier alpha value is -3.30. The van der Waals surface area contributed by atoms with Crippen molar-refractivity contribution in [3.05, 3.63) is 106 Å². The number of aryl methyl sites for hydroxylation is 1. The molecule has 0 saturated heterocycles. The van der Waals surface area contributed by atoms with Gasteiger partial charge in [-0.2, -0.15) is 0 Å². The second-order valence-electron chi connectivity index (χ2n) is 8.05. The molecule has 1 aliphatic carbocycles. The normalized spacial score (nSPS) is 16.2. The average molecular weight is 421 g/mol. The Morgan fingerprint density at radius 2 is 1.55 bits per heavy atom. The molecule has 1 aromatic heterocycles. The SMILES string of the molecule is CC1=Cc2sc3cc(C)c(N=Cc4ccccc4)cc3c2CC1N=Cc1ccccc1. The highest BCUT2D eigenvalue weighted by Crippen LogP contribution is 2.40. The topological polar surface area (TPSA) is 24.7 Å². The van der Waals surface area contributed by atoms with Crippen LogP contribution < -0.4 is 0 Å². The molecule has 3 heteroatoms. The zero-order chi connectivity index (χ0) is 21.2. The van der Waals surface area contributed by atoms with Crippen molar-refractivity contribution in [1.29, 1.82) is 0 Å². The molecular weight excluding hydrogens is 396 g/mol. The van der Waals surface area contributed by atoms with Crippen molar-refractivity contribution < 1.29 is 0 Å². The van der Waals surface area contributed by atoms with Gasteiger partial charge in [0.2, 0.25) is 0 Å². The number of thiophene rings is 1. The third-order valence-electron chi connectivity index (χ3n) is 5.78. The zero-order valence-electron chi connectivity index (χ0n) is 17.7. The summed E-state index contributed by atoms with van der Waals surface area (Å²) >= 11 is 1.88. The molecule has 2 nitrogen and oxygen atoms in total. The number of hydrogen-bond acceptors (Lipinski definition) is 3. The highest BCUT2D eigenvalue weighted by molar-refractivity contribution is 7.20. The van der Waals surface area contributed by atoms with Crippen LogP contribution in [-0.4, -0.2) is 18.5 Å². The van der Waals surface area contributed by atoms with Crippen LogP contribution in [0.1, 0.15) is 34.1 Å². The highest BCUT2D eigenvalue weighted by Gasteiger charge is 2.22. The first-order valence-electron chi connectivity index (χ1n) is 10.6. The summed E-state index contributed by atoms with van der Waals surface area (Å²) in [6.07, 6.45) is 7.20. The molecular formula is C28H24N2S. The van der Waals surface area contributed by atoms with Crippen molar-refractivity contribution in [2.24, 2.45) is 9.98 Å². The second kappa shape index (κ2) is 8.44. The standard InChI is InChI=1S/C28H24N2S/c1-19-13-27-23(15-25(19)29-17-21-9-5-3-6-10-21)24-16-26(20(2)14-28(24)31-27)30-18-22-11-7-4-8-12-22/h3-15,17-18,26H,16H2,1-2H3. The third kappa shape index (κ3) is 4.14. The number of fused-ring (bicyclic) bond motifs is 3. The number of hydrogen-bond donors (Lipinski definition) is 0. The van der Waals surface area contributed by atoms with Gasteiger partial charge in [-0.05, 0) is 65.3 Å². The van der Waals surface area contributed by atoms with E-state index in [2.05, 4.69) is 68.5 Å². The first-order valence-corrected chi connectivity index (χ1v) is 11.4. The minimum Gasteiger partial charge on any atom is -0.284 e. The van der Waals surface area contributed by atoms with Crippen LogP contribution in [0.25, 0.3) is 16.2 Å². The molecule has 0 spiro atoms. The molecule has 1 heterocycles. The molecule has 5 rings (SSSR count). The summed E-state index contributed by atoms with van der Waals surface area (Å²) in [5, 5.41) is 1.31. The van der Waals surface area contributed by atoms with E-state index in [1.165, 1.54) is 31.7 Å². The van der Waals surface area contributed by atoms with Crippen LogP contribution in [0.4, 0.5) is 5.69 Å². The number of aliphatic imine (C=N–C) groups is 2. The van der Waals surface area contributed by atoms with E-state index in [-0.39, 0.29) is 6.04 Å². The third-order valence-corrected chi connectivity index (χ3v) is 6.92. The van der Waals surface area contributed by atoms with E-state index < -0.39 is 0 Å². The molecule has 1 atom stereocenters. The van der Waals surface area contributed by atoms with Crippen molar-refractivity contribution in [2.45, 2.75) is 26.3 Å². The van der Waals surface area contributed by atoms with Gasteiger partial charge in [0.15, 0.2) is 0 Å². The summed E-state index contributed by atoms with van der Waals surface area (Å²) < 4.78 is 1.33. The van der Waals surface area contributed by atoms with Crippen LogP contribution in [0.2, 0.25) is 0 Å². The highest BCUT2D eigenvalue weighted by atomic mass is 32.1. The summed E-state index contributed by atoms with van der Waals surface area (Å²) in [7, 11) is 0. The van der Waals surface area contributed by atoms with Crippen molar-refractivity contribution in [3.63, 3.8) is 0 Å². The van der Waals surface area contributed by atoms with Gasteiger partial charge in [0, 0.05) is 28.4 Å². The minimum atomic E-state index is 0.183. The van der Waals surface area contributed by atoms with Gasteiger partial charge in [-0.1, -0.05) is 60.7 Å². The fraction of sp³-hybridized carbons (Fsp3) is 0.143. The molecule has 4 aromatic rings. The molecule has 0 aliphatic heterocycles. The Bertz CT molecular complexity index is 1310. The average Bonchev–Trinajstić information content (AvgIpc) is 3.13. The number of benzene rings is 3. The number of nitrogens with zero attached hydrogens (tertiary/aromatic N) is 2. The van der Waals surface area contributed by atoms with Crippen molar-refractivity contribution in [3.8, 4) is 0 Å². The smallest absolute Gasteiger partial charge is 0.0751 e. The van der Waals surface area contributed by atoms with Gasteiger partial charge < -0.3 is 0 Å². The maximum atomic E-state index is 4.92.